The van der Waals surface area contributed by atoms with Crippen LogP contribution in [-0.4, -0.2) is 4.98 Å². The number of hydrogen-bond acceptors (Lipinski definition) is 2. The van der Waals surface area contributed by atoms with E-state index in [-0.39, 0.29) is 0 Å². The second kappa shape index (κ2) is 6.10. The number of halogens is 1. The van der Waals surface area contributed by atoms with E-state index in [2.05, 4.69) is 63.5 Å². The Bertz CT molecular complexity index is 737. The topological polar surface area (TPSA) is 24.9 Å². The average molecular weight is 339 g/mol. The van der Waals surface area contributed by atoms with E-state index in [1.807, 2.05) is 36.5 Å². The molecule has 0 aliphatic heterocycles. The van der Waals surface area contributed by atoms with Gasteiger partial charge in [0.05, 0.1) is 5.69 Å². The zero-order chi connectivity index (χ0) is 14.7. The highest BCUT2D eigenvalue weighted by molar-refractivity contribution is 9.10. The number of anilines is 2. The Morgan fingerprint density at radius 2 is 1.76 bits per heavy atom. The van der Waals surface area contributed by atoms with Crippen LogP contribution in [0.5, 0.6) is 0 Å². The first-order valence-corrected chi connectivity index (χ1v) is 7.56. The normalized spacial score (nSPS) is 10.4. The molecule has 0 radical (unpaired) electrons. The molecule has 1 N–H and O–H groups in total. The van der Waals surface area contributed by atoms with E-state index in [1.54, 1.807) is 0 Å². The van der Waals surface area contributed by atoms with E-state index in [4.69, 9.17) is 0 Å². The lowest BCUT2D eigenvalue weighted by Gasteiger charge is -2.11. The molecular formula is C18H15BrN2. The van der Waals surface area contributed by atoms with E-state index >= 15 is 0 Å². The van der Waals surface area contributed by atoms with Gasteiger partial charge in [-0.15, -0.1) is 0 Å². The molecule has 104 valence electrons. The van der Waals surface area contributed by atoms with Crippen molar-refractivity contribution in [2.24, 2.45) is 0 Å². The number of rotatable bonds is 3. The lowest BCUT2D eigenvalue weighted by atomic mass is 10.1. The third-order valence-electron chi connectivity index (χ3n) is 3.32. The number of benzene rings is 2. The van der Waals surface area contributed by atoms with Gasteiger partial charge >= 0.3 is 0 Å². The summed E-state index contributed by atoms with van der Waals surface area (Å²) in [4.78, 5) is 4.40. The predicted octanol–water partition coefficient (Wildman–Crippen LogP) is 5.56. The van der Waals surface area contributed by atoms with Crippen molar-refractivity contribution >= 4 is 27.3 Å². The molecule has 0 aliphatic carbocycles. The van der Waals surface area contributed by atoms with Crippen LogP contribution in [0, 0.1) is 6.92 Å². The van der Waals surface area contributed by atoms with Crippen molar-refractivity contribution in [1.82, 2.24) is 4.98 Å². The Balaban J connectivity index is 1.93. The van der Waals surface area contributed by atoms with Crippen molar-refractivity contribution < 1.29 is 0 Å². The van der Waals surface area contributed by atoms with Crippen molar-refractivity contribution in [1.29, 1.82) is 0 Å². The molecule has 0 aliphatic rings. The van der Waals surface area contributed by atoms with Gasteiger partial charge in [0.1, 0.15) is 0 Å². The quantitative estimate of drug-likeness (QED) is 0.675. The lowest BCUT2D eigenvalue weighted by Crippen LogP contribution is -1.94. The molecule has 2 nitrogen and oxygen atoms in total. The minimum atomic E-state index is 0.983. The van der Waals surface area contributed by atoms with Crippen LogP contribution in [0.3, 0.4) is 0 Å². The van der Waals surface area contributed by atoms with Crippen molar-refractivity contribution in [3.8, 4) is 11.3 Å². The maximum Gasteiger partial charge on any atom is 0.0702 e. The molecule has 0 atom stereocenters. The second-order valence-electron chi connectivity index (χ2n) is 4.88. The number of hydrogen-bond donors (Lipinski definition) is 1. The van der Waals surface area contributed by atoms with Gasteiger partial charge in [-0.05, 0) is 55.0 Å². The largest absolute Gasteiger partial charge is 0.355 e. The summed E-state index contributed by atoms with van der Waals surface area (Å²) >= 11 is 3.45. The number of aromatic nitrogens is 1. The summed E-state index contributed by atoms with van der Waals surface area (Å²) in [5.74, 6) is 0. The van der Waals surface area contributed by atoms with Crippen LogP contribution < -0.4 is 5.32 Å². The summed E-state index contributed by atoms with van der Waals surface area (Å²) in [7, 11) is 0. The van der Waals surface area contributed by atoms with Crippen LogP contribution in [0.1, 0.15) is 5.56 Å². The van der Waals surface area contributed by atoms with Gasteiger partial charge in [-0.3, -0.25) is 4.98 Å². The summed E-state index contributed by atoms with van der Waals surface area (Å²) in [6.45, 7) is 2.10. The van der Waals surface area contributed by atoms with Gasteiger partial charge in [0.25, 0.3) is 0 Å². The fraction of sp³-hybridized carbons (Fsp3) is 0.0556. The van der Waals surface area contributed by atoms with Crippen LogP contribution in [0.25, 0.3) is 11.3 Å². The summed E-state index contributed by atoms with van der Waals surface area (Å²) in [5.41, 5.74) is 5.47. The number of pyridine rings is 1. The van der Waals surface area contributed by atoms with E-state index in [0.717, 1.165) is 27.1 Å². The van der Waals surface area contributed by atoms with Gasteiger partial charge < -0.3 is 5.32 Å². The van der Waals surface area contributed by atoms with E-state index in [0.29, 0.717) is 0 Å². The first kappa shape index (κ1) is 13.8. The number of nitrogens with zero attached hydrogens (tertiary/aromatic N) is 1. The predicted molar refractivity (Wildman–Crippen MR) is 91.8 cm³/mol. The molecule has 2 aromatic carbocycles. The van der Waals surface area contributed by atoms with Crippen molar-refractivity contribution in [3.05, 3.63) is 76.9 Å². The molecule has 0 fully saturated rings. The fourth-order valence-corrected chi connectivity index (χ4v) is 2.40. The Kier molecular flexibility index (Phi) is 4.02. The standard InChI is InChI=1S/C18H15BrN2/c1-13-5-6-14(17-4-2-3-11-20-17)12-18(13)21-16-9-7-15(19)8-10-16/h2-12,21H,1H3. The summed E-state index contributed by atoms with van der Waals surface area (Å²) in [5, 5.41) is 3.46. The zero-order valence-corrected chi connectivity index (χ0v) is 13.3. The maximum atomic E-state index is 4.40. The average Bonchev–Trinajstić information content (AvgIpc) is 2.52. The van der Waals surface area contributed by atoms with Crippen LogP contribution in [0.2, 0.25) is 0 Å². The molecule has 1 aromatic heterocycles. The Labute approximate surface area is 133 Å². The molecule has 0 saturated carbocycles. The molecule has 1 heterocycles. The molecule has 3 rings (SSSR count). The zero-order valence-electron chi connectivity index (χ0n) is 11.7. The van der Waals surface area contributed by atoms with Gasteiger partial charge in [-0.1, -0.05) is 34.1 Å². The van der Waals surface area contributed by atoms with Gasteiger partial charge in [0, 0.05) is 27.6 Å². The highest BCUT2D eigenvalue weighted by Crippen LogP contribution is 2.27. The maximum absolute atomic E-state index is 4.40. The van der Waals surface area contributed by atoms with Crippen LogP contribution in [0.15, 0.2) is 71.3 Å². The lowest BCUT2D eigenvalue weighted by molar-refractivity contribution is 1.32. The molecule has 3 aromatic rings. The number of aryl methyl sites for hydroxylation is 1. The second-order valence-corrected chi connectivity index (χ2v) is 5.79. The first-order valence-electron chi connectivity index (χ1n) is 6.77. The molecule has 21 heavy (non-hydrogen) atoms. The van der Waals surface area contributed by atoms with Crippen LogP contribution >= 0.6 is 15.9 Å². The molecule has 0 bridgehead atoms. The Morgan fingerprint density at radius 3 is 2.48 bits per heavy atom. The van der Waals surface area contributed by atoms with Gasteiger partial charge in [0.2, 0.25) is 0 Å². The van der Waals surface area contributed by atoms with Crippen LogP contribution in [0.4, 0.5) is 11.4 Å². The first-order chi connectivity index (χ1) is 10.2. The Morgan fingerprint density at radius 1 is 0.952 bits per heavy atom. The summed E-state index contributed by atoms with van der Waals surface area (Å²) in [6.07, 6.45) is 1.82. The van der Waals surface area contributed by atoms with Gasteiger partial charge in [0.15, 0.2) is 0 Å². The molecule has 0 unspecified atom stereocenters. The monoisotopic (exact) mass is 338 g/mol. The van der Waals surface area contributed by atoms with E-state index in [9.17, 15) is 0 Å². The van der Waals surface area contributed by atoms with Crippen LogP contribution in [-0.2, 0) is 0 Å². The molecule has 0 amide bonds. The smallest absolute Gasteiger partial charge is 0.0702 e. The number of nitrogens with one attached hydrogen (secondary N) is 1. The molecule has 0 spiro atoms. The van der Waals surface area contributed by atoms with Crippen molar-refractivity contribution in [2.45, 2.75) is 6.92 Å². The summed E-state index contributed by atoms with van der Waals surface area (Å²) in [6, 6.07) is 20.5. The Hall–Kier alpha value is -2.13. The van der Waals surface area contributed by atoms with Gasteiger partial charge in [-0.2, -0.15) is 0 Å². The third kappa shape index (κ3) is 3.31. The molecule has 0 saturated heterocycles. The van der Waals surface area contributed by atoms with Crippen molar-refractivity contribution in [2.75, 3.05) is 5.32 Å². The van der Waals surface area contributed by atoms with Crippen molar-refractivity contribution in [3.63, 3.8) is 0 Å². The minimum absolute atomic E-state index is 0.983. The highest BCUT2D eigenvalue weighted by Gasteiger charge is 2.04. The minimum Gasteiger partial charge on any atom is -0.355 e. The van der Waals surface area contributed by atoms with Gasteiger partial charge in [-0.25, -0.2) is 0 Å². The molecule has 3 heteroatoms. The third-order valence-corrected chi connectivity index (χ3v) is 3.85. The molecular weight excluding hydrogens is 324 g/mol. The summed E-state index contributed by atoms with van der Waals surface area (Å²) < 4.78 is 1.08. The van der Waals surface area contributed by atoms with E-state index < -0.39 is 0 Å². The fourth-order valence-electron chi connectivity index (χ4n) is 2.14. The highest BCUT2D eigenvalue weighted by atomic mass is 79.9. The van der Waals surface area contributed by atoms with E-state index in [1.165, 1.54) is 5.56 Å². The SMILES string of the molecule is Cc1ccc(-c2ccccn2)cc1Nc1ccc(Br)cc1.